The second-order valence-electron chi connectivity index (χ2n) is 5.37. The SMILES string of the molecule is Cn1cc(C(=O)NCCCCC(N)C(=O)O)c2ccccc21. The number of carbonyl (C=O) groups excluding carboxylic acids is 1. The van der Waals surface area contributed by atoms with Crippen molar-refractivity contribution in [3.8, 4) is 0 Å². The van der Waals surface area contributed by atoms with E-state index in [1.165, 1.54) is 0 Å². The molecule has 22 heavy (non-hydrogen) atoms. The first-order valence-corrected chi connectivity index (χ1v) is 7.31. The Labute approximate surface area is 128 Å². The van der Waals surface area contributed by atoms with E-state index in [4.69, 9.17) is 10.8 Å². The van der Waals surface area contributed by atoms with Crippen molar-refractivity contribution in [1.29, 1.82) is 0 Å². The normalized spacial score (nSPS) is 12.3. The number of unbranched alkanes of at least 4 members (excludes halogenated alkanes) is 1. The molecule has 0 radical (unpaired) electrons. The van der Waals surface area contributed by atoms with Gasteiger partial charge in [-0.2, -0.15) is 0 Å². The number of aromatic nitrogens is 1. The maximum atomic E-state index is 12.2. The summed E-state index contributed by atoms with van der Waals surface area (Å²) in [5.74, 6) is -1.10. The van der Waals surface area contributed by atoms with E-state index in [-0.39, 0.29) is 5.91 Å². The Morgan fingerprint density at radius 1 is 1.32 bits per heavy atom. The first-order chi connectivity index (χ1) is 10.5. The molecule has 0 aliphatic rings. The van der Waals surface area contributed by atoms with E-state index in [9.17, 15) is 9.59 Å². The molecule has 1 aromatic carbocycles. The quantitative estimate of drug-likeness (QED) is 0.675. The molecule has 0 fully saturated rings. The topological polar surface area (TPSA) is 97.4 Å². The predicted molar refractivity (Wildman–Crippen MR) is 84.7 cm³/mol. The molecule has 1 aromatic heterocycles. The third-order valence-electron chi connectivity index (χ3n) is 3.69. The van der Waals surface area contributed by atoms with Crippen molar-refractivity contribution in [1.82, 2.24) is 9.88 Å². The number of hydrogen-bond acceptors (Lipinski definition) is 3. The number of carboxylic acid groups (broad SMARTS) is 1. The van der Waals surface area contributed by atoms with Crippen LogP contribution >= 0.6 is 0 Å². The number of nitrogens with one attached hydrogen (secondary N) is 1. The third-order valence-corrected chi connectivity index (χ3v) is 3.69. The van der Waals surface area contributed by atoms with Crippen molar-refractivity contribution in [2.75, 3.05) is 6.54 Å². The van der Waals surface area contributed by atoms with Gasteiger partial charge in [0.15, 0.2) is 0 Å². The lowest BCUT2D eigenvalue weighted by Gasteiger charge is -2.07. The molecule has 2 aromatic rings. The van der Waals surface area contributed by atoms with Gasteiger partial charge in [0.25, 0.3) is 5.91 Å². The van der Waals surface area contributed by atoms with Gasteiger partial charge in [-0.3, -0.25) is 9.59 Å². The van der Waals surface area contributed by atoms with Crippen LogP contribution in [0.4, 0.5) is 0 Å². The van der Waals surface area contributed by atoms with Crippen LogP contribution in [0.5, 0.6) is 0 Å². The second kappa shape index (κ2) is 7.09. The molecule has 4 N–H and O–H groups in total. The van der Waals surface area contributed by atoms with E-state index in [2.05, 4.69) is 5.32 Å². The molecule has 118 valence electrons. The molecular weight excluding hydrogens is 282 g/mol. The molecular formula is C16H21N3O3. The first-order valence-electron chi connectivity index (χ1n) is 7.31. The lowest BCUT2D eigenvalue weighted by Crippen LogP contribution is -2.30. The summed E-state index contributed by atoms with van der Waals surface area (Å²) in [5, 5.41) is 12.5. The number of nitrogens with two attached hydrogens (primary N) is 1. The van der Waals surface area contributed by atoms with Crippen molar-refractivity contribution in [3.63, 3.8) is 0 Å². The van der Waals surface area contributed by atoms with Crippen LogP contribution in [0.15, 0.2) is 30.5 Å². The zero-order valence-electron chi connectivity index (χ0n) is 12.6. The summed E-state index contributed by atoms with van der Waals surface area (Å²) >= 11 is 0. The number of benzene rings is 1. The van der Waals surface area contributed by atoms with Crippen molar-refractivity contribution in [2.24, 2.45) is 12.8 Å². The number of aryl methyl sites for hydroxylation is 1. The lowest BCUT2D eigenvalue weighted by atomic mass is 10.1. The van der Waals surface area contributed by atoms with Gasteiger partial charge in [0.2, 0.25) is 0 Å². The van der Waals surface area contributed by atoms with Crippen molar-refractivity contribution < 1.29 is 14.7 Å². The van der Waals surface area contributed by atoms with Gasteiger partial charge < -0.3 is 20.7 Å². The van der Waals surface area contributed by atoms with Gasteiger partial charge in [-0.05, 0) is 25.3 Å². The molecule has 0 saturated carbocycles. The van der Waals surface area contributed by atoms with Gasteiger partial charge in [-0.15, -0.1) is 0 Å². The summed E-state index contributed by atoms with van der Waals surface area (Å²) in [6, 6.07) is 6.92. The van der Waals surface area contributed by atoms with Gasteiger partial charge in [0.1, 0.15) is 6.04 Å². The van der Waals surface area contributed by atoms with E-state index in [1.54, 1.807) is 0 Å². The fourth-order valence-corrected chi connectivity index (χ4v) is 2.43. The lowest BCUT2D eigenvalue weighted by molar-refractivity contribution is -0.138. The third kappa shape index (κ3) is 3.65. The number of fused-ring (bicyclic) bond motifs is 1. The smallest absolute Gasteiger partial charge is 0.320 e. The molecule has 1 unspecified atom stereocenters. The van der Waals surface area contributed by atoms with Gasteiger partial charge in [-0.25, -0.2) is 0 Å². The average molecular weight is 303 g/mol. The molecule has 1 amide bonds. The fraction of sp³-hybridized carbons (Fsp3) is 0.375. The number of amides is 1. The minimum atomic E-state index is -0.986. The standard InChI is InChI=1S/C16H21N3O3/c1-19-10-12(11-6-2-3-8-14(11)19)15(20)18-9-5-4-7-13(17)16(21)22/h2-3,6,8,10,13H,4-5,7,9,17H2,1H3,(H,18,20)(H,21,22). The Morgan fingerprint density at radius 3 is 2.77 bits per heavy atom. The van der Waals surface area contributed by atoms with Crippen molar-refractivity contribution in [3.05, 3.63) is 36.0 Å². The molecule has 6 heteroatoms. The number of carbonyl (C=O) groups is 2. The van der Waals surface area contributed by atoms with E-state index in [0.29, 0.717) is 31.4 Å². The summed E-state index contributed by atoms with van der Waals surface area (Å²) < 4.78 is 1.93. The number of hydrogen-bond donors (Lipinski definition) is 3. The van der Waals surface area contributed by atoms with Crippen LogP contribution in [0, 0.1) is 0 Å². The highest BCUT2D eigenvalue weighted by atomic mass is 16.4. The molecule has 2 rings (SSSR count). The molecule has 1 heterocycles. The van der Waals surface area contributed by atoms with Crippen LogP contribution in [-0.2, 0) is 11.8 Å². The van der Waals surface area contributed by atoms with E-state index < -0.39 is 12.0 Å². The Morgan fingerprint density at radius 2 is 2.05 bits per heavy atom. The van der Waals surface area contributed by atoms with Crippen molar-refractivity contribution in [2.45, 2.75) is 25.3 Å². The van der Waals surface area contributed by atoms with Crippen LogP contribution in [0.3, 0.4) is 0 Å². The van der Waals surface area contributed by atoms with Gasteiger partial charge in [-0.1, -0.05) is 18.2 Å². The highest BCUT2D eigenvalue weighted by Gasteiger charge is 2.13. The van der Waals surface area contributed by atoms with Crippen LogP contribution in [0.2, 0.25) is 0 Å². The van der Waals surface area contributed by atoms with Crippen LogP contribution < -0.4 is 11.1 Å². The summed E-state index contributed by atoms with van der Waals surface area (Å²) in [7, 11) is 1.91. The van der Waals surface area contributed by atoms with E-state index >= 15 is 0 Å². The number of nitrogens with zero attached hydrogens (tertiary/aromatic N) is 1. The first kappa shape index (κ1) is 16.0. The minimum absolute atomic E-state index is 0.112. The highest BCUT2D eigenvalue weighted by Crippen LogP contribution is 2.20. The average Bonchev–Trinajstić information content (AvgIpc) is 2.84. The monoisotopic (exact) mass is 303 g/mol. The number of aliphatic carboxylic acids is 1. The summed E-state index contributed by atoms with van der Waals surface area (Å²) in [6.45, 7) is 0.508. The summed E-state index contributed by atoms with van der Waals surface area (Å²) in [6.07, 6.45) is 3.61. The molecule has 0 aliphatic heterocycles. The molecule has 0 bridgehead atoms. The Hall–Kier alpha value is -2.34. The predicted octanol–water partition coefficient (Wildman–Crippen LogP) is 1.49. The largest absolute Gasteiger partial charge is 0.480 e. The maximum absolute atomic E-state index is 12.2. The number of para-hydroxylation sites is 1. The van der Waals surface area contributed by atoms with Gasteiger partial charge in [0.05, 0.1) is 5.56 Å². The van der Waals surface area contributed by atoms with E-state index in [1.807, 2.05) is 42.1 Å². The van der Waals surface area contributed by atoms with Gasteiger partial charge >= 0.3 is 5.97 Å². The van der Waals surface area contributed by atoms with Crippen LogP contribution in [0.1, 0.15) is 29.6 Å². The van der Waals surface area contributed by atoms with Crippen LogP contribution in [-0.4, -0.2) is 34.1 Å². The van der Waals surface area contributed by atoms with Crippen LogP contribution in [0.25, 0.3) is 10.9 Å². The molecule has 0 aliphatic carbocycles. The Balaban J connectivity index is 1.86. The van der Waals surface area contributed by atoms with Crippen molar-refractivity contribution >= 4 is 22.8 Å². The summed E-state index contributed by atoms with van der Waals surface area (Å²) in [5.41, 5.74) is 7.09. The van der Waals surface area contributed by atoms with E-state index in [0.717, 1.165) is 10.9 Å². The minimum Gasteiger partial charge on any atom is -0.480 e. The fourth-order valence-electron chi connectivity index (χ4n) is 2.43. The molecule has 1 atom stereocenters. The zero-order chi connectivity index (χ0) is 16.1. The molecule has 6 nitrogen and oxygen atoms in total. The number of carboxylic acids is 1. The molecule has 0 spiro atoms. The summed E-state index contributed by atoms with van der Waals surface area (Å²) in [4.78, 5) is 22.8. The molecule has 0 saturated heterocycles. The van der Waals surface area contributed by atoms with Gasteiger partial charge in [0, 0.05) is 30.7 Å². The number of rotatable bonds is 7. The Kier molecular flexibility index (Phi) is 5.16. The Bertz CT molecular complexity index is 678. The highest BCUT2D eigenvalue weighted by molar-refractivity contribution is 6.06. The maximum Gasteiger partial charge on any atom is 0.320 e. The zero-order valence-corrected chi connectivity index (χ0v) is 12.6. The second-order valence-corrected chi connectivity index (χ2v) is 5.37.